The molecule has 1 aromatic heterocycles. The first-order valence-corrected chi connectivity index (χ1v) is 8.74. The third-order valence-electron chi connectivity index (χ3n) is 3.79. The average Bonchev–Trinajstić information content (AvgIpc) is 3.05. The second kappa shape index (κ2) is 7.18. The standard InChI is InChI=1S/C19H19BrN2O2/c1-12(2)21-19(23)15-5-3-4-14(10-15)17-11-18(24-22-17)13-6-8-16(20)9-7-13/h3-6,8-13H,7H2,1-2H3,(H,21,23). The van der Waals surface area contributed by atoms with E-state index in [1.54, 1.807) is 6.07 Å². The molecule has 0 bridgehead atoms. The number of allylic oxidation sites excluding steroid dienone is 4. The second-order valence-electron chi connectivity index (χ2n) is 6.11. The highest BCUT2D eigenvalue weighted by molar-refractivity contribution is 9.11. The predicted molar refractivity (Wildman–Crippen MR) is 98.0 cm³/mol. The van der Waals surface area contributed by atoms with E-state index < -0.39 is 0 Å². The van der Waals surface area contributed by atoms with Crippen LogP contribution in [0.3, 0.4) is 0 Å². The number of hydrogen-bond acceptors (Lipinski definition) is 3. The Kier molecular flexibility index (Phi) is 5.00. The van der Waals surface area contributed by atoms with Crippen molar-refractivity contribution >= 4 is 21.8 Å². The van der Waals surface area contributed by atoms with Crippen molar-refractivity contribution in [1.82, 2.24) is 10.5 Å². The molecule has 1 unspecified atom stereocenters. The van der Waals surface area contributed by atoms with Crippen LogP contribution in [0.4, 0.5) is 0 Å². The Hall–Kier alpha value is -2.14. The lowest BCUT2D eigenvalue weighted by molar-refractivity contribution is 0.0943. The fourth-order valence-electron chi connectivity index (χ4n) is 2.57. The molecule has 0 radical (unpaired) electrons. The van der Waals surface area contributed by atoms with Crippen LogP contribution in [0.5, 0.6) is 0 Å². The maximum atomic E-state index is 12.1. The minimum atomic E-state index is -0.0826. The normalized spacial score (nSPS) is 17.0. The van der Waals surface area contributed by atoms with Gasteiger partial charge in [0.1, 0.15) is 11.5 Å². The molecule has 5 heteroatoms. The zero-order valence-corrected chi connectivity index (χ0v) is 15.2. The lowest BCUT2D eigenvalue weighted by atomic mass is 9.97. The Bertz CT molecular complexity index is 805. The molecular formula is C19H19BrN2O2. The van der Waals surface area contributed by atoms with Crippen LogP contribution >= 0.6 is 15.9 Å². The van der Waals surface area contributed by atoms with Crippen molar-refractivity contribution in [3.8, 4) is 11.3 Å². The summed E-state index contributed by atoms with van der Waals surface area (Å²) in [6.45, 7) is 3.88. The van der Waals surface area contributed by atoms with Gasteiger partial charge in [0, 0.05) is 33.6 Å². The van der Waals surface area contributed by atoms with Crippen molar-refractivity contribution in [3.05, 3.63) is 64.4 Å². The summed E-state index contributed by atoms with van der Waals surface area (Å²) in [6.07, 6.45) is 7.11. The molecule has 124 valence electrons. The molecule has 1 aliphatic carbocycles. The zero-order chi connectivity index (χ0) is 17.1. The molecule has 1 heterocycles. The fourth-order valence-corrected chi connectivity index (χ4v) is 2.91. The number of nitrogens with one attached hydrogen (secondary N) is 1. The van der Waals surface area contributed by atoms with E-state index >= 15 is 0 Å². The van der Waals surface area contributed by atoms with Gasteiger partial charge in [0.15, 0.2) is 0 Å². The molecule has 1 atom stereocenters. The summed E-state index contributed by atoms with van der Waals surface area (Å²) in [4.78, 5) is 12.1. The Morgan fingerprint density at radius 2 is 2.21 bits per heavy atom. The summed E-state index contributed by atoms with van der Waals surface area (Å²) >= 11 is 3.46. The van der Waals surface area contributed by atoms with Crippen LogP contribution in [-0.2, 0) is 0 Å². The summed E-state index contributed by atoms with van der Waals surface area (Å²) in [5, 5.41) is 7.06. The van der Waals surface area contributed by atoms with E-state index in [2.05, 4.69) is 38.6 Å². The van der Waals surface area contributed by atoms with E-state index in [1.807, 2.05) is 44.2 Å². The molecule has 1 amide bonds. The second-order valence-corrected chi connectivity index (χ2v) is 7.03. The van der Waals surface area contributed by atoms with Crippen molar-refractivity contribution in [2.24, 2.45) is 0 Å². The molecule has 4 nitrogen and oxygen atoms in total. The van der Waals surface area contributed by atoms with Crippen molar-refractivity contribution in [2.75, 3.05) is 0 Å². The summed E-state index contributed by atoms with van der Waals surface area (Å²) in [5.74, 6) is 0.940. The highest BCUT2D eigenvalue weighted by Gasteiger charge is 2.17. The van der Waals surface area contributed by atoms with Crippen LogP contribution in [-0.4, -0.2) is 17.1 Å². The number of aromatic nitrogens is 1. The molecule has 0 saturated heterocycles. The monoisotopic (exact) mass is 386 g/mol. The number of amides is 1. The highest BCUT2D eigenvalue weighted by atomic mass is 79.9. The Balaban J connectivity index is 1.80. The van der Waals surface area contributed by atoms with Gasteiger partial charge in [-0.1, -0.05) is 51.4 Å². The van der Waals surface area contributed by atoms with Gasteiger partial charge >= 0.3 is 0 Å². The summed E-state index contributed by atoms with van der Waals surface area (Å²) in [6, 6.07) is 9.48. The first-order valence-electron chi connectivity index (χ1n) is 7.94. The molecule has 0 aliphatic heterocycles. The van der Waals surface area contributed by atoms with Crippen molar-refractivity contribution in [2.45, 2.75) is 32.2 Å². The van der Waals surface area contributed by atoms with E-state index in [4.69, 9.17) is 4.52 Å². The van der Waals surface area contributed by atoms with Gasteiger partial charge in [-0.15, -0.1) is 0 Å². The smallest absolute Gasteiger partial charge is 0.251 e. The first-order chi connectivity index (χ1) is 11.5. The number of nitrogens with zero attached hydrogens (tertiary/aromatic N) is 1. The van der Waals surface area contributed by atoms with Crippen molar-refractivity contribution in [3.63, 3.8) is 0 Å². The lowest BCUT2D eigenvalue weighted by Gasteiger charge is -2.09. The minimum absolute atomic E-state index is 0.0826. The number of benzene rings is 1. The van der Waals surface area contributed by atoms with E-state index in [9.17, 15) is 4.79 Å². The molecule has 0 fully saturated rings. The largest absolute Gasteiger partial charge is 0.360 e. The topological polar surface area (TPSA) is 55.1 Å². The highest BCUT2D eigenvalue weighted by Crippen LogP contribution is 2.31. The maximum Gasteiger partial charge on any atom is 0.251 e. The van der Waals surface area contributed by atoms with Crippen LogP contribution in [0.2, 0.25) is 0 Å². The molecule has 2 aromatic rings. The number of hydrogen-bond donors (Lipinski definition) is 1. The molecule has 0 saturated carbocycles. The fraction of sp³-hybridized carbons (Fsp3) is 0.263. The predicted octanol–water partition coefficient (Wildman–Crippen LogP) is 4.80. The van der Waals surface area contributed by atoms with Crippen LogP contribution in [0.1, 0.15) is 42.3 Å². The molecular weight excluding hydrogens is 368 g/mol. The van der Waals surface area contributed by atoms with Gasteiger partial charge in [-0.25, -0.2) is 0 Å². The van der Waals surface area contributed by atoms with Gasteiger partial charge in [-0.05, 0) is 32.4 Å². The van der Waals surface area contributed by atoms with Crippen molar-refractivity contribution in [1.29, 1.82) is 0 Å². The van der Waals surface area contributed by atoms with Crippen LogP contribution < -0.4 is 5.32 Å². The summed E-state index contributed by atoms with van der Waals surface area (Å²) < 4.78 is 6.60. The Morgan fingerprint density at radius 3 is 2.92 bits per heavy atom. The van der Waals surface area contributed by atoms with Gasteiger partial charge < -0.3 is 9.84 Å². The number of halogens is 1. The van der Waals surface area contributed by atoms with E-state index in [-0.39, 0.29) is 17.9 Å². The first kappa shape index (κ1) is 16.7. The molecule has 24 heavy (non-hydrogen) atoms. The Labute approximate surface area is 149 Å². The minimum Gasteiger partial charge on any atom is -0.360 e. The number of rotatable bonds is 4. The van der Waals surface area contributed by atoms with Crippen LogP contribution in [0.25, 0.3) is 11.3 Å². The van der Waals surface area contributed by atoms with Gasteiger partial charge in [0.25, 0.3) is 5.91 Å². The van der Waals surface area contributed by atoms with Gasteiger partial charge in [0.05, 0.1) is 0 Å². The molecule has 1 aromatic carbocycles. The SMILES string of the molecule is CC(C)NC(=O)c1cccc(-c2cc(C3C=CC(Br)=CC3)on2)c1. The van der Waals surface area contributed by atoms with Crippen molar-refractivity contribution < 1.29 is 9.32 Å². The average molecular weight is 387 g/mol. The number of carbonyl (C=O) groups excluding carboxylic acids is 1. The third kappa shape index (κ3) is 3.85. The molecule has 3 rings (SSSR count). The van der Waals surface area contributed by atoms with Crippen LogP contribution in [0, 0.1) is 0 Å². The molecule has 0 spiro atoms. The zero-order valence-electron chi connectivity index (χ0n) is 13.6. The Morgan fingerprint density at radius 1 is 1.38 bits per heavy atom. The van der Waals surface area contributed by atoms with E-state index in [0.717, 1.165) is 27.9 Å². The van der Waals surface area contributed by atoms with Gasteiger partial charge in [-0.3, -0.25) is 4.79 Å². The lowest BCUT2D eigenvalue weighted by Crippen LogP contribution is -2.30. The van der Waals surface area contributed by atoms with E-state index in [0.29, 0.717) is 5.56 Å². The number of carbonyl (C=O) groups is 1. The summed E-state index contributed by atoms with van der Waals surface area (Å²) in [5.41, 5.74) is 2.24. The maximum absolute atomic E-state index is 12.1. The quantitative estimate of drug-likeness (QED) is 0.820. The van der Waals surface area contributed by atoms with Gasteiger partial charge in [-0.2, -0.15) is 0 Å². The van der Waals surface area contributed by atoms with Gasteiger partial charge in [0.2, 0.25) is 0 Å². The summed E-state index contributed by atoms with van der Waals surface area (Å²) in [7, 11) is 0. The molecule has 1 aliphatic rings. The third-order valence-corrected chi connectivity index (χ3v) is 4.38. The molecule has 1 N–H and O–H groups in total. The van der Waals surface area contributed by atoms with E-state index in [1.165, 1.54) is 0 Å². The van der Waals surface area contributed by atoms with Crippen LogP contribution in [0.15, 0.2) is 57.6 Å².